The van der Waals surface area contributed by atoms with Gasteiger partial charge in [-0.1, -0.05) is 37.9 Å². The minimum absolute atomic E-state index is 0.104. The molecule has 6 heteroatoms. The van der Waals surface area contributed by atoms with Crippen LogP contribution in [0.15, 0.2) is 0 Å². The summed E-state index contributed by atoms with van der Waals surface area (Å²) in [4.78, 5) is 24.7. The summed E-state index contributed by atoms with van der Waals surface area (Å²) in [6.07, 6.45) is 5.55. The van der Waals surface area contributed by atoms with Gasteiger partial charge in [0.25, 0.3) is 0 Å². The van der Waals surface area contributed by atoms with Crippen molar-refractivity contribution in [3.05, 3.63) is 0 Å². The highest BCUT2D eigenvalue weighted by molar-refractivity contribution is 7.80. The Labute approximate surface area is 132 Å². The molecular formula is C15H27N3O2S. The molecule has 0 aliphatic heterocycles. The number of rotatable bonds is 5. The first-order valence-electron chi connectivity index (χ1n) is 7.57. The van der Waals surface area contributed by atoms with Gasteiger partial charge in [-0.05, 0) is 26.7 Å². The summed E-state index contributed by atoms with van der Waals surface area (Å²) in [5.41, 5.74) is 4.48. The molecule has 0 spiro atoms. The van der Waals surface area contributed by atoms with Crippen LogP contribution < -0.4 is 16.4 Å². The molecule has 1 fully saturated rings. The van der Waals surface area contributed by atoms with Gasteiger partial charge in [-0.3, -0.25) is 9.59 Å². The molecule has 1 rings (SSSR count). The largest absolute Gasteiger partial charge is 0.392 e. The van der Waals surface area contributed by atoms with Crippen molar-refractivity contribution in [3.8, 4) is 0 Å². The summed E-state index contributed by atoms with van der Waals surface area (Å²) < 4.78 is 0. The van der Waals surface area contributed by atoms with Gasteiger partial charge >= 0.3 is 0 Å². The zero-order valence-corrected chi connectivity index (χ0v) is 14.1. The molecular weight excluding hydrogens is 286 g/mol. The van der Waals surface area contributed by atoms with E-state index in [0.717, 1.165) is 25.7 Å². The number of hydrogen-bond acceptors (Lipinski definition) is 3. The first-order valence-corrected chi connectivity index (χ1v) is 7.97. The molecule has 0 bridgehead atoms. The summed E-state index contributed by atoms with van der Waals surface area (Å²) in [6, 6.07) is 0. The van der Waals surface area contributed by atoms with Gasteiger partial charge in [0.2, 0.25) is 11.8 Å². The molecule has 0 radical (unpaired) electrons. The van der Waals surface area contributed by atoms with Gasteiger partial charge in [-0.15, -0.1) is 0 Å². The van der Waals surface area contributed by atoms with Crippen molar-refractivity contribution in [2.75, 3.05) is 13.6 Å². The van der Waals surface area contributed by atoms with E-state index in [2.05, 4.69) is 10.6 Å². The lowest BCUT2D eigenvalue weighted by atomic mass is 9.79. The molecule has 120 valence electrons. The summed E-state index contributed by atoms with van der Waals surface area (Å²) in [5.74, 6) is -0.234. The van der Waals surface area contributed by atoms with E-state index in [-0.39, 0.29) is 23.3 Å². The van der Waals surface area contributed by atoms with Crippen LogP contribution in [-0.4, -0.2) is 30.4 Å². The quantitative estimate of drug-likeness (QED) is 0.530. The van der Waals surface area contributed by atoms with E-state index >= 15 is 0 Å². The molecule has 1 saturated carbocycles. The Kier molecular flexibility index (Phi) is 6.13. The van der Waals surface area contributed by atoms with Crippen LogP contribution in [0.25, 0.3) is 0 Å². The highest BCUT2D eigenvalue weighted by atomic mass is 32.1. The van der Waals surface area contributed by atoms with Crippen molar-refractivity contribution in [1.29, 1.82) is 0 Å². The van der Waals surface area contributed by atoms with Crippen LogP contribution in [0, 0.1) is 10.8 Å². The van der Waals surface area contributed by atoms with E-state index in [1.165, 1.54) is 0 Å². The minimum atomic E-state index is -0.745. The number of carbonyl (C=O) groups is 2. The Morgan fingerprint density at radius 2 is 1.71 bits per heavy atom. The lowest BCUT2D eigenvalue weighted by molar-refractivity contribution is -0.131. The second kappa shape index (κ2) is 7.20. The normalized spacial score (nSPS) is 18.4. The van der Waals surface area contributed by atoms with Crippen LogP contribution in [0.4, 0.5) is 0 Å². The van der Waals surface area contributed by atoms with Crippen LogP contribution in [0.2, 0.25) is 0 Å². The number of hydrogen-bond donors (Lipinski definition) is 3. The smallest absolute Gasteiger partial charge is 0.233 e. The third-order valence-corrected chi connectivity index (χ3v) is 4.79. The fourth-order valence-corrected chi connectivity index (χ4v) is 3.10. The zero-order valence-electron chi connectivity index (χ0n) is 13.3. The van der Waals surface area contributed by atoms with Crippen LogP contribution in [0.1, 0.15) is 52.4 Å². The third kappa shape index (κ3) is 4.15. The maximum atomic E-state index is 12.7. The number of nitrogens with two attached hydrogens (primary N) is 1. The molecule has 0 saturated heterocycles. The average molecular weight is 313 g/mol. The number of nitrogens with one attached hydrogen (secondary N) is 2. The molecule has 0 unspecified atom stereocenters. The van der Waals surface area contributed by atoms with E-state index < -0.39 is 10.8 Å². The average Bonchev–Trinajstić information content (AvgIpc) is 2.70. The second-order valence-corrected chi connectivity index (χ2v) is 6.95. The van der Waals surface area contributed by atoms with Gasteiger partial charge in [0.05, 0.1) is 15.8 Å². The van der Waals surface area contributed by atoms with Crippen molar-refractivity contribution in [2.45, 2.75) is 52.4 Å². The van der Waals surface area contributed by atoms with E-state index in [4.69, 9.17) is 18.0 Å². The molecule has 5 nitrogen and oxygen atoms in total. The molecule has 0 atom stereocenters. The summed E-state index contributed by atoms with van der Waals surface area (Å²) in [7, 11) is 1.59. The monoisotopic (exact) mass is 313 g/mol. The lowest BCUT2D eigenvalue weighted by Gasteiger charge is -2.32. The van der Waals surface area contributed by atoms with Gasteiger partial charge in [0.1, 0.15) is 0 Å². The highest BCUT2D eigenvalue weighted by Crippen LogP contribution is 2.36. The van der Waals surface area contributed by atoms with Crippen molar-refractivity contribution in [3.63, 3.8) is 0 Å². The van der Waals surface area contributed by atoms with E-state index in [9.17, 15) is 9.59 Å². The van der Waals surface area contributed by atoms with Crippen molar-refractivity contribution in [2.24, 2.45) is 16.6 Å². The fraction of sp³-hybridized carbons (Fsp3) is 0.800. The fourth-order valence-electron chi connectivity index (χ4n) is 2.81. The molecule has 21 heavy (non-hydrogen) atoms. The van der Waals surface area contributed by atoms with Crippen LogP contribution in [-0.2, 0) is 9.59 Å². The van der Waals surface area contributed by atoms with Crippen molar-refractivity contribution < 1.29 is 9.59 Å². The Morgan fingerprint density at radius 3 is 2.14 bits per heavy atom. The first kappa shape index (κ1) is 17.9. The molecule has 4 N–H and O–H groups in total. The molecule has 2 amide bonds. The van der Waals surface area contributed by atoms with E-state index in [1.807, 2.05) is 0 Å². The molecule has 0 heterocycles. The first-order chi connectivity index (χ1) is 9.76. The van der Waals surface area contributed by atoms with Crippen LogP contribution in [0.5, 0.6) is 0 Å². The SMILES string of the molecule is CNC(=O)C(C)(C)CNC(=O)C1(C(N)=S)CCCCCC1. The third-order valence-electron chi connectivity index (χ3n) is 4.40. The van der Waals surface area contributed by atoms with Gasteiger partial charge in [-0.25, -0.2) is 0 Å². The topological polar surface area (TPSA) is 84.2 Å². The Hall–Kier alpha value is -1.17. The van der Waals surface area contributed by atoms with Gasteiger partial charge in [0.15, 0.2) is 0 Å². The van der Waals surface area contributed by atoms with E-state index in [1.54, 1.807) is 20.9 Å². The minimum Gasteiger partial charge on any atom is -0.392 e. The summed E-state index contributed by atoms with van der Waals surface area (Å²) in [5, 5.41) is 5.50. The maximum absolute atomic E-state index is 12.7. The number of carbonyl (C=O) groups excluding carboxylic acids is 2. The zero-order chi connectivity index (χ0) is 16.1. The van der Waals surface area contributed by atoms with E-state index in [0.29, 0.717) is 12.8 Å². The van der Waals surface area contributed by atoms with Crippen LogP contribution in [0.3, 0.4) is 0 Å². The van der Waals surface area contributed by atoms with Gasteiger partial charge < -0.3 is 16.4 Å². The highest BCUT2D eigenvalue weighted by Gasteiger charge is 2.42. The molecule has 1 aliphatic rings. The Bertz CT molecular complexity index is 413. The Balaban J connectivity index is 2.79. The predicted molar refractivity (Wildman–Crippen MR) is 87.8 cm³/mol. The summed E-state index contributed by atoms with van der Waals surface area (Å²) >= 11 is 5.18. The molecule has 0 aromatic heterocycles. The second-order valence-electron chi connectivity index (χ2n) is 6.51. The van der Waals surface area contributed by atoms with Crippen LogP contribution >= 0.6 is 12.2 Å². The van der Waals surface area contributed by atoms with Crippen molar-refractivity contribution >= 4 is 29.0 Å². The molecule has 0 aromatic rings. The number of amides is 2. The number of thiocarbonyl (C=S) groups is 1. The predicted octanol–water partition coefficient (Wildman–Crippen LogP) is 1.50. The maximum Gasteiger partial charge on any atom is 0.233 e. The molecule has 1 aliphatic carbocycles. The molecule has 0 aromatic carbocycles. The Morgan fingerprint density at radius 1 is 1.19 bits per heavy atom. The summed E-state index contributed by atoms with van der Waals surface area (Å²) in [6.45, 7) is 3.87. The van der Waals surface area contributed by atoms with Gasteiger partial charge in [-0.2, -0.15) is 0 Å². The lowest BCUT2D eigenvalue weighted by Crippen LogP contribution is -2.52. The standard InChI is InChI=1S/C15H27N3O2S/c1-14(2,12(19)17-3)10-18-13(20)15(11(16)21)8-6-4-5-7-9-15/h4-10H2,1-3H3,(H2,16,21)(H,17,19)(H,18,20). The van der Waals surface area contributed by atoms with Gasteiger partial charge in [0, 0.05) is 13.6 Å². The van der Waals surface area contributed by atoms with Crippen molar-refractivity contribution in [1.82, 2.24) is 10.6 Å².